The molecule has 2 N–H and O–H groups in total. The van der Waals surface area contributed by atoms with Crippen molar-refractivity contribution >= 4 is 28.7 Å². The fourth-order valence-electron chi connectivity index (χ4n) is 5.64. The zero-order valence-electron chi connectivity index (χ0n) is 22.3. The highest BCUT2D eigenvalue weighted by Crippen LogP contribution is 2.41. The molecular formula is C30H31F3N4O3. The molecule has 1 saturated heterocycles. The Labute approximate surface area is 230 Å². The van der Waals surface area contributed by atoms with Gasteiger partial charge in [0, 0.05) is 36.7 Å². The van der Waals surface area contributed by atoms with Crippen LogP contribution in [0.2, 0.25) is 0 Å². The van der Waals surface area contributed by atoms with Crippen molar-refractivity contribution in [3.05, 3.63) is 71.5 Å². The molecule has 1 amide bonds. The van der Waals surface area contributed by atoms with E-state index in [1.807, 2.05) is 13.0 Å². The van der Waals surface area contributed by atoms with Crippen molar-refractivity contribution in [2.45, 2.75) is 44.8 Å². The molecule has 5 rings (SSSR count). The molecular weight excluding hydrogens is 521 g/mol. The van der Waals surface area contributed by atoms with Gasteiger partial charge >= 0.3 is 6.18 Å². The van der Waals surface area contributed by atoms with E-state index in [2.05, 4.69) is 4.90 Å². The number of methoxy groups -OCH3 is 1. The van der Waals surface area contributed by atoms with E-state index in [9.17, 15) is 23.1 Å². The van der Waals surface area contributed by atoms with Gasteiger partial charge in [0.05, 0.1) is 35.7 Å². The number of fused-ring (bicyclic) bond motifs is 4. The number of ether oxygens (including phenoxy) is 1. The summed E-state index contributed by atoms with van der Waals surface area (Å²) in [5.74, 6) is -0.0198. The van der Waals surface area contributed by atoms with Crippen LogP contribution in [0.15, 0.2) is 60.2 Å². The van der Waals surface area contributed by atoms with Crippen molar-refractivity contribution in [2.24, 2.45) is 5.92 Å². The number of amides is 1. The molecule has 1 aliphatic carbocycles. The van der Waals surface area contributed by atoms with Crippen LogP contribution in [0, 0.1) is 11.3 Å². The van der Waals surface area contributed by atoms with Gasteiger partial charge in [-0.25, -0.2) is 4.98 Å². The Kier molecular flexibility index (Phi) is 7.44. The normalized spacial score (nSPS) is 19.0. The van der Waals surface area contributed by atoms with Gasteiger partial charge in [-0.1, -0.05) is 31.2 Å². The summed E-state index contributed by atoms with van der Waals surface area (Å²) in [6, 6.07) is 8.17. The minimum atomic E-state index is -4.48. The number of aromatic hydroxyl groups is 1. The van der Waals surface area contributed by atoms with Gasteiger partial charge in [0.15, 0.2) is 5.82 Å². The molecule has 0 saturated carbocycles. The number of rotatable bonds is 7. The van der Waals surface area contributed by atoms with E-state index in [1.165, 1.54) is 13.2 Å². The summed E-state index contributed by atoms with van der Waals surface area (Å²) in [7, 11) is 1.46. The Hall–Kier alpha value is -4.08. The fraction of sp³-hybridized carbons (Fsp3) is 0.367. The number of hydrogen-bond donors (Lipinski definition) is 2. The number of alkyl halides is 3. The van der Waals surface area contributed by atoms with E-state index in [4.69, 9.17) is 15.1 Å². The van der Waals surface area contributed by atoms with E-state index in [1.54, 1.807) is 35.3 Å². The number of phenols is 1. The molecule has 1 fully saturated rings. The zero-order valence-corrected chi connectivity index (χ0v) is 22.3. The van der Waals surface area contributed by atoms with Crippen molar-refractivity contribution in [1.82, 2.24) is 4.98 Å². The fourth-order valence-corrected chi connectivity index (χ4v) is 5.64. The second-order valence-corrected chi connectivity index (χ2v) is 10.2. The van der Waals surface area contributed by atoms with Crippen molar-refractivity contribution < 1.29 is 27.8 Å². The molecule has 7 nitrogen and oxygen atoms in total. The van der Waals surface area contributed by atoms with Gasteiger partial charge in [0.25, 0.3) is 0 Å². The Morgan fingerprint density at radius 3 is 2.80 bits per heavy atom. The number of pyridine rings is 1. The largest absolute Gasteiger partial charge is 0.507 e. The van der Waals surface area contributed by atoms with Crippen LogP contribution < -0.4 is 14.5 Å². The van der Waals surface area contributed by atoms with Crippen LogP contribution in [-0.4, -0.2) is 54.1 Å². The number of nitrogens with zero attached hydrogens (tertiary/aromatic N) is 3. The van der Waals surface area contributed by atoms with Gasteiger partial charge in [-0.05, 0) is 49.6 Å². The zero-order chi connectivity index (χ0) is 28.6. The summed E-state index contributed by atoms with van der Waals surface area (Å²) >= 11 is 0. The Bertz CT molecular complexity index is 1430. The van der Waals surface area contributed by atoms with E-state index >= 15 is 0 Å². The maximum absolute atomic E-state index is 13.9. The molecule has 0 spiro atoms. The SMILES string of the molecule is CCC(CC(=O)N1c2nc(C3=CC(C(F)(F)F)=CCC=C3)ccc2N2CC[C@H]1C2)C(=N)c1c(O)cccc1OC. The van der Waals surface area contributed by atoms with Gasteiger partial charge in [-0.2, -0.15) is 13.2 Å². The summed E-state index contributed by atoms with van der Waals surface area (Å²) in [5, 5.41) is 19.3. The summed E-state index contributed by atoms with van der Waals surface area (Å²) < 4.78 is 45.9. The maximum atomic E-state index is 13.9. The first-order valence-electron chi connectivity index (χ1n) is 13.3. The van der Waals surface area contributed by atoms with E-state index in [0.29, 0.717) is 35.8 Å². The minimum absolute atomic E-state index is 0.0121. The van der Waals surface area contributed by atoms with Crippen LogP contribution in [0.4, 0.5) is 24.7 Å². The van der Waals surface area contributed by atoms with Gasteiger partial charge in [-0.15, -0.1) is 0 Å². The Balaban J connectivity index is 1.48. The van der Waals surface area contributed by atoms with Gasteiger partial charge in [0.1, 0.15) is 11.5 Å². The molecule has 10 heteroatoms. The Morgan fingerprint density at radius 2 is 2.08 bits per heavy atom. The van der Waals surface area contributed by atoms with E-state index < -0.39 is 17.7 Å². The van der Waals surface area contributed by atoms with Crippen LogP contribution in [0.25, 0.3) is 5.57 Å². The number of anilines is 2. The second-order valence-electron chi connectivity index (χ2n) is 10.2. The molecule has 1 unspecified atom stereocenters. The molecule has 2 aliphatic heterocycles. The smallest absolute Gasteiger partial charge is 0.416 e. The number of hydrogen-bond acceptors (Lipinski definition) is 6. The standard InChI is InChI=1S/C30H31F3N4O3/c1-3-18(28(34)27-24(38)9-6-10-25(27)40-2)16-26(39)37-21-13-14-36(17-21)23-12-11-22(35-29(23)37)19-7-4-5-8-20(15-19)30(31,32)33/h4,6-12,15,18,21,34,38H,3,5,13-14,16-17H2,1-2H3/t18?,21-/m0/s1. The Morgan fingerprint density at radius 1 is 1.27 bits per heavy atom. The van der Waals surface area contributed by atoms with Gasteiger partial charge in [0.2, 0.25) is 5.91 Å². The lowest BCUT2D eigenvalue weighted by Gasteiger charge is -2.36. The average molecular weight is 553 g/mol. The van der Waals surface area contributed by atoms with Crippen LogP contribution in [0.3, 0.4) is 0 Å². The van der Waals surface area contributed by atoms with Crippen molar-refractivity contribution in [2.75, 3.05) is 30.0 Å². The van der Waals surface area contributed by atoms with Crippen LogP contribution in [0.1, 0.15) is 43.9 Å². The summed E-state index contributed by atoms with van der Waals surface area (Å²) in [5.41, 5.74) is 1.08. The first kappa shape index (κ1) is 27.5. The molecule has 1 aromatic carbocycles. The molecule has 0 radical (unpaired) electrons. The minimum Gasteiger partial charge on any atom is -0.507 e. The summed E-state index contributed by atoms with van der Waals surface area (Å²) in [4.78, 5) is 22.5. The van der Waals surface area contributed by atoms with E-state index in [-0.39, 0.29) is 41.8 Å². The molecule has 210 valence electrons. The van der Waals surface area contributed by atoms with E-state index in [0.717, 1.165) is 30.8 Å². The predicted octanol–water partition coefficient (Wildman–Crippen LogP) is 6.04. The van der Waals surface area contributed by atoms with Crippen molar-refractivity contribution in [3.8, 4) is 11.5 Å². The quantitative estimate of drug-likeness (QED) is 0.409. The highest BCUT2D eigenvalue weighted by Gasteiger charge is 2.41. The van der Waals surface area contributed by atoms with Crippen LogP contribution in [0.5, 0.6) is 11.5 Å². The molecule has 2 bridgehead atoms. The number of halogens is 3. The van der Waals surface area contributed by atoms with Crippen molar-refractivity contribution in [1.29, 1.82) is 5.41 Å². The van der Waals surface area contributed by atoms with Crippen LogP contribution >= 0.6 is 0 Å². The third kappa shape index (κ3) is 5.10. The second kappa shape index (κ2) is 10.8. The number of nitrogens with one attached hydrogen (secondary N) is 1. The number of carbonyl (C=O) groups is 1. The van der Waals surface area contributed by atoms with Gasteiger partial charge < -0.3 is 20.2 Å². The third-order valence-corrected chi connectivity index (χ3v) is 7.74. The number of carbonyl (C=O) groups excluding carboxylic acids is 1. The van der Waals surface area contributed by atoms with Gasteiger partial charge in [-0.3, -0.25) is 9.69 Å². The summed E-state index contributed by atoms with van der Waals surface area (Å²) in [6.07, 6.45) is 2.44. The highest BCUT2D eigenvalue weighted by molar-refractivity contribution is 6.07. The number of phenolic OH excluding ortho intramolecular Hbond substituents is 1. The average Bonchev–Trinajstić information content (AvgIpc) is 3.17. The molecule has 2 aromatic rings. The topological polar surface area (TPSA) is 89.8 Å². The lowest BCUT2D eigenvalue weighted by Crippen LogP contribution is -2.47. The first-order chi connectivity index (χ1) is 19.1. The molecule has 1 aromatic heterocycles. The first-order valence-corrected chi connectivity index (χ1v) is 13.3. The third-order valence-electron chi connectivity index (χ3n) is 7.74. The molecule has 3 aliphatic rings. The molecule has 3 heterocycles. The maximum Gasteiger partial charge on any atom is 0.416 e. The number of allylic oxidation sites excluding steroid dienone is 6. The lowest BCUT2D eigenvalue weighted by molar-refractivity contribution is -0.119. The highest BCUT2D eigenvalue weighted by atomic mass is 19.4. The number of aromatic nitrogens is 1. The summed E-state index contributed by atoms with van der Waals surface area (Å²) in [6.45, 7) is 3.27. The van der Waals surface area contributed by atoms with Crippen molar-refractivity contribution in [3.63, 3.8) is 0 Å². The molecule has 40 heavy (non-hydrogen) atoms. The molecule has 2 atom stereocenters. The monoisotopic (exact) mass is 552 g/mol. The lowest BCUT2D eigenvalue weighted by atomic mass is 9.89. The number of benzene rings is 1. The van der Waals surface area contributed by atoms with Crippen LogP contribution in [-0.2, 0) is 4.79 Å². The predicted molar refractivity (Wildman–Crippen MR) is 148 cm³/mol.